The van der Waals surface area contributed by atoms with E-state index in [1.54, 1.807) is 6.07 Å². The van der Waals surface area contributed by atoms with Gasteiger partial charge in [-0.1, -0.05) is 12.1 Å². The van der Waals surface area contributed by atoms with Crippen molar-refractivity contribution in [3.63, 3.8) is 0 Å². The third kappa shape index (κ3) is 2.84. The van der Waals surface area contributed by atoms with Gasteiger partial charge in [-0.25, -0.2) is 0 Å². The molecule has 0 aromatic heterocycles. The highest BCUT2D eigenvalue weighted by Gasteiger charge is 2.29. The molecule has 22 heavy (non-hydrogen) atoms. The minimum Gasteiger partial charge on any atom is -0.462 e. The van der Waals surface area contributed by atoms with Crippen LogP contribution in [0, 0.1) is 0 Å². The first-order valence-electron chi connectivity index (χ1n) is 7.48. The van der Waals surface area contributed by atoms with Gasteiger partial charge in [0, 0.05) is 37.7 Å². The lowest BCUT2D eigenvalue weighted by Gasteiger charge is -2.33. The number of hydrogen-bond donors (Lipinski definition) is 1. The van der Waals surface area contributed by atoms with Crippen LogP contribution in [0.2, 0.25) is 0 Å². The second kappa shape index (κ2) is 5.83. The van der Waals surface area contributed by atoms with Gasteiger partial charge < -0.3 is 14.8 Å². The fourth-order valence-electron chi connectivity index (χ4n) is 3.23. The van der Waals surface area contributed by atoms with Crippen molar-refractivity contribution in [3.8, 4) is 5.75 Å². The Morgan fingerprint density at radius 3 is 2.73 bits per heavy atom. The highest BCUT2D eigenvalue weighted by Crippen LogP contribution is 2.27. The van der Waals surface area contributed by atoms with E-state index < -0.39 is 0 Å². The fraction of sp³-hybridized carbons (Fsp3) is 0.412. The van der Waals surface area contributed by atoms with Crippen molar-refractivity contribution in [2.75, 3.05) is 0 Å². The maximum absolute atomic E-state index is 11.2. The summed E-state index contributed by atoms with van der Waals surface area (Å²) >= 11 is 0. The van der Waals surface area contributed by atoms with Crippen LogP contribution in [-0.4, -0.2) is 24.1 Å². The largest absolute Gasteiger partial charge is 0.462 e. The van der Waals surface area contributed by atoms with Gasteiger partial charge in [-0.05, 0) is 29.7 Å². The average molecular weight is 301 g/mol. The molecule has 0 radical (unpaired) electrons. The van der Waals surface area contributed by atoms with Gasteiger partial charge in [-0.3, -0.25) is 9.59 Å². The van der Waals surface area contributed by atoms with E-state index in [2.05, 4.69) is 5.32 Å². The Morgan fingerprint density at radius 1 is 1.18 bits per heavy atom. The van der Waals surface area contributed by atoms with Gasteiger partial charge >= 0.3 is 11.9 Å². The van der Waals surface area contributed by atoms with Crippen molar-refractivity contribution in [2.45, 2.75) is 45.3 Å². The molecule has 2 atom stereocenters. The quantitative estimate of drug-likeness (QED) is 0.640. The SMILES string of the molecule is CC(=O)Oc1cccc2c1=CNC1CCC(OC(C)=O)CC=21. The Kier molecular flexibility index (Phi) is 3.88. The number of nitrogens with one attached hydrogen (secondary N) is 1. The number of carbonyl (C=O) groups is 2. The van der Waals surface area contributed by atoms with Gasteiger partial charge in [-0.2, -0.15) is 0 Å². The number of esters is 2. The van der Waals surface area contributed by atoms with Crippen LogP contribution in [0.3, 0.4) is 0 Å². The minimum absolute atomic E-state index is 0.0751. The molecule has 2 aliphatic rings. The molecule has 1 saturated carbocycles. The van der Waals surface area contributed by atoms with E-state index in [1.165, 1.54) is 19.4 Å². The average Bonchev–Trinajstić information content (AvgIpc) is 2.46. The summed E-state index contributed by atoms with van der Waals surface area (Å²) < 4.78 is 10.6. The van der Waals surface area contributed by atoms with Gasteiger partial charge in [-0.15, -0.1) is 0 Å². The lowest BCUT2D eigenvalue weighted by atomic mass is 9.85. The van der Waals surface area contributed by atoms with Crippen molar-refractivity contribution in [1.29, 1.82) is 0 Å². The molecule has 5 heteroatoms. The Bertz CT molecular complexity index is 738. The molecule has 1 aromatic carbocycles. The van der Waals surface area contributed by atoms with Crippen LogP contribution in [0.1, 0.15) is 33.1 Å². The topological polar surface area (TPSA) is 64.6 Å². The third-order valence-electron chi connectivity index (χ3n) is 4.07. The second-order valence-electron chi connectivity index (χ2n) is 5.71. The minimum atomic E-state index is -0.338. The number of ether oxygens (including phenoxy) is 2. The molecule has 1 fully saturated rings. The first-order chi connectivity index (χ1) is 10.5. The molecule has 116 valence electrons. The Morgan fingerprint density at radius 2 is 2.00 bits per heavy atom. The standard InChI is InChI=1S/C17H19NO4/c1-10(19)21-12-6-7-16-14(8-12)13-4-3-5-17(22-11(2)20)15(13)9-18-16/h3-5,9,12,16,18H,6-8H2,1-2H3. The Balaban J connectivity index is 2.03. The van der Waals surface area contributed by atoms with Crippen molar-refractivity contribution in [2.24, 2.45) is 0 Å². The molecule has 3 rings (SSSR count). The maximum Gasteiger partial charge on any atom is 0.308 e. The highest BCUT2D eigenvalue weighted by atomic mass is 16.5. The fourth-order valence-corrected chi connectivity index (χ4v) is 3.23. The monoisotopic (exact) mass is 301 g/mol. The first kappa shape index (κ1) is 14.6. The number of rotatable bonds is 2. The van der Waals surface area contributed by atoms with Crippen LogP contribution < -0.4 is 20.5 Å². The predicted octanol–water partition coefficient (Wildman–Crippen LogP) is 0.588. The molecule has 2 unspecified atom stereocenters. The zero-order chi connectivity index (χ0) is 15.7. The third-order valence-corrected chi connectivity index (χ3v) is 4.07. The number of carbonyl (C=O) groups excluding carboxylic acids is 2. The lowest BCUT2D eigenvalue weighted by Crippen LogP contribution is -2.46. The van der Waals surface area contributed by atoms with Crippen LogP contribution in [0.4, 0.5) is 0 Å². The first-order valence-corrected chi connectivity index (χ1v) is 7.48. The summed E-state index contributed by atoms with van der Waals surface area (Å²) in [6.45, 7) is 2.83. The van der Waals surface area contributed by atoms with Crippen molar-refractivity contribution < 1.29 is 19.1 Å². The molecule has 1 aliphatic heterocycles. The van der Waals surface area contributed by atoms with Gasteiger partial charge in [0.2, 0.25) is 0 Å². The molecular weight excluding hydrogens is 282 g/mol. The van der Waals surface area contributed by atoms with E-state index in [0.717, 1.165) is 23.3 Å². The summed E-state index contributed by atoms with van der Waals surface area (Å²) in [5.74, 6) is -0.0262. The molecule has 0 amide bonds. The molecule has 1 N–H and O–H groups in total. The zero-order valence-electron chi connectivity index (χ0n) is 12.7. The summed E-state index contributed by atoms with van der Waals surface area (Å²) in [5, 5.41) is 5.32. The molecule has 1 heterocycles. The molecule has 1 aliphatic carbocycles. The Labute approximate surface area is 128 Å². The van der Waals surface area contributed by atoms with Crippen LogP contribution in [0.15, 0.2) is 18.2 Å². The molecule has 0 saturated heterocycles. The van der Waals surface area contributed by atoms with Crippen LogP contribution in [-0.2, 0) is 14.3 Å². The van der Waals surface area contributed by atoms with E-state index >= 15 is 0 Å². The number of benzene rings is 1. The van der Waals surface area contributed by atoms with Crippen LogP contribution in [0.5, 0.6) is 5.75 Å². The van der Waals surface area contributed by atoms with E-state index in [1.807, 2.05) is 18.3 Å². The van der Waals surface area contributed by atoms with E-state index in [4.69, 9.17) is 9.47 Å². The highest BCUT2D eigenvalue weighted by molar-refractivity contribution is 5.70. The van der Waals surface area contributed by atoms with E-state index in [9.17, 15) is 9.59 Å². The van der Waals surface area contributed by atoms with Crippen LogP contribution in [0.25, 0.3) is 11.8 Å². The van der Waals surface area contributed by atoms with Crippen molar-refractivity contribution >= 4 is 23.7 Å². The summed E-state index contributed by atoms with van der Waals surface area (Å²) in [7, 11) is 0. The number of hydrogen-bond acceptors (Lipinski definition) is 5. The maximum atomic E-state index is 11.2. The predicted molar refractivity (Wildman–Crippen MR) is 81.2 cm³/mol. The zero-order valence-corrected chi connectivity index (χ0v) is 12.7. The smallest absolute Gasteiger partial charge is 0.308 e. The summed E-state index contributed by atoms with van der Waals surface area (Å²) in [5.41, 5.74) is 1.21. The van der Waals surface area contributed by atoms with Gasteiger partial charge in [0.25, 0.3) is 0 Å². The Hall–Kier alpha value is -2.30. The van der Waals surface area contributed by atoms with Crippen molar-refractivity contribution in [3.05, 3.63) is 28.6 Å². The second-order valence-corrected chi connectivity index (χ2v) is 5.71. The van der Waals surface area contributed by atoms with Crippen molar-refractivity contribution in [1.82, 2.24) is 5.32 Å². The molecule has 5 nitrogen and oxygen atoms in total. The summed E-state index contributed by atoms with van der Waals surface area (Å²) in [4.78, 5) is 22.4. The number of fused-ring (bicyclic) bond motifs is 2. The molecule has 1 aromatic rings. The molecule has 0 bridgehead atoms. The summed E-state index contributed by atoms with van der Waals surface area (Å²) in [6.07, 6.45) is 4.32. The normalized spacial score (nSPS) is 22.5. The van der Waals surface area contributed by atoms with Gasteiger partial charge in [0.15, 0.2) is 0 Å². The molecular formula is C17H19NO4. The summed E-state index contributed by atoms with van der Waals surface area (Å²) in [6, 6.07) is 5.95. The van der Waals surface area contributed by atoms with E-state index in [-0.39, 0.29) is 24.1 Å². The van der Waals surface area contributed by atoms with Crippen LogP contribution >= 0.6 is 0 Å². The lowest BCUT2D eigenvalue weighted by molar-refractivity contribution is -0.146. The van der Waals surface area contributed by atoms with E-state index in [0.29, 0.717) is 12.2 Å². The molecule has 0 spiro atoms. The van der Waals surface area contributed by atoms with Gasteiger partial charge in [0.05, 0.1) is 0 Å². The van der Waals surface area contributed by atoms with Gasteiger partial charge in [0.1, 0.15) is 11.9 Å².